The Kier molecular flexibility index (Phi) is 2.46. The van der Waals surface area contributed by atoms with E-state index in [9.17, 15) is 0 Å². The lowest BCUT2D eigenvalue weighted by atomic mass is 10.3. The van der Waals surface area contributed by atoms with Gasteiger partial charge in [-0.1, -0.05) is 24.3 Å². The van der Waals surface area contributed by atoms with Crippen LogP contribution < -0.4 is 9.84 Å². The molecule has 0 fully saturated rings. The Morgan fingerprint density at radius 2 is 1.75 bits per heavy atom. The molecule has 0 atom stereocenters. The van der Waals surface area contributed by atoms with Gasteiger partial charge in [-0.05, 0) is 24.3 Å². The fourth-order valence-electron chi connectivity index (χ4n) is 1.61. The molecule has 0 bridgehead atoms. The van der Waals surface area contributed by atoms with E-state index in [1.807, 2.05) is 40.8 Å². The van der Waals surface area contributed by atoms with Crippen LogP contribution in [-0.4, -0.2) is 0 Å². The summed E-state index contributed by atoms with van der Waals surface area (Å²) in [6.07, 6.45) is 0. The number of rotatable bonds is 1. The Morgan fingerprint density at radius 1 is 1.00 bits per heavy atom. The maximum Gasteiger partial charge on any atom is 0.0838 e. The fraction of sp³-hybridized carbons (Fsp3) is 0. The van der Waals surface area contributed by atoms with Crippen LogP contribution in [-0.2, 0) is 0 Å². The van der Waals surface area contributed by atoms with Gasteiger partial charge >= 0.3 is 0 Å². The highest BCUT2D eigenvalue weighted by Gasteiger charge is 2.20. The number of nitrogens with one attached hydrogen (secondary N) is 1. The summed E-state index contributed by atoms with van der Waals surface area (Å²) in [4.78, 5) is 2.20. The lowest BCUT2D eigenvalue weighted by Crippen LogP contribution is -2.16. The predicted octanol–water partition coefficient (Wildman–Crippen LogP) is 3.83. The van der Waals surface area contributed by atoms with Crippen molar-refractivity contribution >= 4 is 36.0 Å². The first-order chi connectivity index (χ1) is 7.84. The van der Waals surface area contributed by atoms with Crippen LogP contribution in [0.4, 0.5) is 11.4 Å². The van der Waals surface area contributed by atoms with Crippen LogP contribution in [0.3, 0.4) is 0 Å². The number of para-hydroxylation sites is 2. The van der Waals surface area contributed by atoms with Crippen molar-refractivity contribution < 1.29 is 0 Å². The SMILES string of the molecule is Sc1ccccc1N1Nc2ccccc2S1. The van der Waals surface area contributed by atoms with Crippen LogP contribution in [0.2, 0.25) is 0 Å². The zero-order valence-electron chi connectivity index (χ0n) is 8.42. The Labute approximate surface area is 104 Å². The average molecular weight is 246 g/mol. The molecular weight excluding hydrogens is 236 g/mol. The molecule has 0 saturated heterocycles. The number of hydrogen-bond acceptors (Lipinski definition) is 4. The second-order valence-electron chi connectivity index (χ2n) is 3.48. The highest BCUT2D eigenvalue weighted by atomic mass is 32.2. The molecule has 4 heteroatoms. The van der Waals surface area contributed by atoms with E-state index in [0.717, 1.165) is 16.3 Å². The van der Waals surface area contributed by atoms with Crippen LogP contribution in [0.1, 0.15) is 0 Å². The molecular formula is C12H10N2S2. The number of nitrogens with zero attached hydrogens (tertiary/aromatic N) is 1. The molecule has 1 N–H and O–H groups in total. The van der Waals surface area contributed by atoms with Crippen LogP contribution in [0.25, 0.3) is 0 Å². The van der Waals surface area contributed by atoms with Crippen molar-refractivity contribution in [2.24, 2.45) is 0 Å². The topological polar surface area (TPSA) is 15.3 Å². The maximum absolute atomic E-state index is 4.46. The van der Waals surface area contributed by atoms with Gasteiger partial charge in [0.25, 0.3) is 0 Å². The molecule has 80 valence electrons. The molecule has 2 nitrogen and oxygen atoms in total. The number of anilines is 2. The molecule has 0 radical (unpaired) electrons. The highest BCUT2D eigenvalue weighted by Crippen LogP contribution is 2.41. The van der Waals surface area contributed by atoms with E-state index in [1.165, 1.54) is 4.90 Å². The summed E-state index contributed by atoms with van der Waals surface area (Å²) >= 11 is 6.13. The molecule has 0 aliphatic carbocycles. The maximum atomic E-state index is 4.46. The van der Waals surface area contributed by atoms with Crippen molar-refractivity contribution in [3.63, 3.8) is 0 Å². The van der Waals surface area contributed by atoms with Crippen molar-refractivity contribution in [3.8, 4) is 0 Å². The monoisotopic (exact) mass is 246 g/mol. The van der Waals surface area contributed by atoms with Crippen molar-refractivity contribution in [1.29, 1.82) is 0 Å². The minimum atomic E-state index is 0.968. The van der Waals surface area contributed by atoms with E-state index >= 15 is 0 Å². The summed E-state index contributed by atoms with van der Waals surface area (Å²) in [6.45, 7) is 0. The summed E-state index contributed by atoms with van der Waals surface area (Å²) in [5.74, 6) is 0. The first-order valence-corrected chi connectivity index (χ1v) is 6.18. The second kappa shape index (κ2) is 3.96. The standard InChI is InChI=1S/C12H10N2S2/c15-11-7-3-2-6-10(11)14-13-9-5-1-4-8-12(9)16-14/h1-8,13,15H. The Bertz CT molecular complexity index is 503. The average Bonchev–Trinajstić information content (AvgIpc) is 2.73. The summed E-state index contributed by atoms with van der Waals surface area (Å²) < 4.78 is 2.03. The lowest BCUT2D eigenvalue weighted by molar-refractivity contribution is 1.26. The zero-order chi connectivity index (χ0) is 11.0. The van der Waals surface area contributed by atoms with Gasteiger partial charge in [0.1, 0.15) is 0 Å². The van der Waals surface area contributed by atoms with E-state index < -0.39 is 0 Å². The largest absolute Gasteiger partial charge is 0.287 e. The van der Waals surface area contributed by atoms with Gasteiger partial charge in [0, 0.05) is 16.8 Å². The van der Waals surface area contributed by atoms with E-state index in [4.69, 9.17) is 0 Å². The lowest BCUT2D eigenvalue weighted by Gasteiger charge is -2.18. The zero-order valence-corrected chi connectivity index (χ0v) is 10.1. The molecule has 16 heavy (non-hydrogen) atoms. The molecule has 3 rings (SSSR count). The molecule has 0 amide bonds. The quantitative estimate of drug-likeness (QED) is 0.587. The van der Waals surface area contributed by atoms with Gasteiger partial charge in [-0.25, -0.2) is 4.41 Å². The molecule has 1 heterocycles. The molecule has 2 aromatic rings. The van der Waals surface area contributed by atoms with Crippen LogP contribution in [0.5, 0.6) is 0 Å². The third kappa shape index (κ3) is 1.64. The van der Waals surface area contributed by atoms with Crippen LogP contribution >= 0.6 is 24.6 Å². The first kappa shape index (κ1) is 9.93. The summed E-state index contributed by atoms with van der Waals surface area (Å²) in [5.41, 5.74) is 5.56. The number of fused-ring (bicyclic) bond motifs is 1. The second-order valence-corrected chi connectivity index (χ2v) is 4.95. The third-order valence-electron chi connectivity index (χ3n) is 2.40. The molecule has 0 unspecified atom stereocenters. The van der Waals surface area contributed by atoms with Crippen molar-refractivity contribution in [2.75, 3.05) is 9.84 Å². The molecule has 0 spiro atoms. The van der Waals surface area contributed by atoms with Crippen molar-refractivity contribution in [3.05, 3.63) is 48.5 Å². The van der Waals surface area contributed by atoms with Crippen LogP contribution in [0, 0.1) is 0 Å². The van der Waals surface area contributed by atoms with E-state index in [0.29, 0.717) is 0 Å². The van der Waals surface area contributed by atoms with Gasteiger partial charge in [0.15, 0.2) is 0 Å². The molecule has 1 aliphatic heterocycles. The van der Waals surface area contributed by atoms with E-state index in [1.54, 1.807) is 11.9 Å². The van der Waals surface area contributed by atoms with Crippen LogP contribution in [0.15, 0.2) is 58.3 Å². The summed E-state index contributed by atoms with van der Waals surface area (Å²) in [5, 5.41) is 0. The minimum absolute atomic E-state index is 0.968. The van der Waals surface area contributed by atoms with Gasteiger partial charge in [0.05, 0.1) is 16.3 Å². The van der Waals surface area contributed by atoms with Gasteiger partial charge < -0.3 is 0 Å². The van der Waals surface area contributed by atoms with Gasteiger partial charge in [-0.3, -0.25) is 5.43 Å². The molecule has 0 saturated carbocycles. The molecule has 2 aromatic carbocycles. The summed E-state index contributed by atoms with van der Waals surface area (Å²) in [6, 6.07) is 16.3. The van der Waals surface area contributed by atoms with E-state index in [2.05, 4.69) is 30.2 Å². The predicted molar refractivity (Wildman–Crippen MR) is 72.1 cm³/mol. The Morgan fingerprint density at radius 3 is 2.56 bits per heavy atom. The highest BCUT2D eigenvalue weighted by molar-refractivity contribution is 8.01. The van der Waals surface area contributed by atoms with Crippen molar-refractivity contribution in [2.45, 2.75) is 9.79 Å². The third-order valence-corrected chi connectivity index (χ3v) is 3.80. The fourth-order valence-corrected chi connectivity index (χ4v) is 2.89. The first-order valence-electron chi connectivity index (χ1n) is 4.96. The number of thiol groups is 1. The van der Waals surface area contributed by atoms with E-state index in [-0.39, 0.29) is 0 Å². The van der Waals surface area contributed by atoms with Gasteiger partial charge in [-0.2, -0.15) is 0 Å². The Balaban J connectivity index is 1.95. The van der Waals surface area contributed by atoms with Gasteiger partial charge in [0.2, 0.25) is 0 Å². The number of hydrazine groups is 1. The Hall–Kier alpha value is -1.26. The smallest absolute Gasteiger partial charge is 0.0838 e. The molecule has 1 aliphatic rings. The summed E-state index contributed by atoms with van der Waals surface area (Å²) in [7, 11) is 0. The van der Waals surface area contributed by atoms with Gasteiger partial charge in [-0.15, -0.1) is 12.6 Å². The minimum Gasteiger partial charge on any atom is -0.287 e. The normalized spacial score (nSPS) is 13.4. The molecule has 0 aromatic heterocycles. The van der Waals surface area contributed by atoms with Crippen molar-refractivity contribution in [1.82, 2.24) is 0 Å². The number of hydrogen-bond donors (Lipinski definition) is 2. The number of benzene rings is 2.